The van der Waals surface area contributed by atoms with Crippen LogP contribution in [0.3, 0.4) is 0 Å². The maximum atomic E-state index is 13.4. The topological polar surface area (TPSA) is 15.3 Å². The average Bonchev–Trinajstić information content (AvgIpc) is 2.37. The predicted octanol–water partition coefficient (Wildman–Crippen LogP) is 3.34. The van der Waals surface area contributed by atoms with Crippen LogP contribution >= 0.6 is 0 Å². The third-order valence-corrected chi connectivity index (χ3v) is 4.22. The van der Waals surface area contributed by atoms with E-state index in [9.17, 15) is 4.39 Å². The summed E-state index contributed by atoms with van der Waals surface area (Å²) in [7, 11) is 0. The second-order valence-corrected chi connectivity index (χ2v) is 6.58. The van der Waals surface area contributed by atoms with Crippen molar-refractivity contribution < 1.29 is 4.39 Å². The summed E-state index contributed by atoms with van der Waals surface area (Å²) >= 11 is 0. The summed E-state index contributed by atoms with van der Waals surface area (Å²) < 4.78 is 13.4. The van der Waals surface area contributed by atoms with Gasteiger partial charge < -0.3 is 5.32 Å². The number of benzene rings is 1. The minimum absolute atomic E-state index is 0.132. The summed E-state index contributed by atoms with van der Waals surface area (Å²) in [6, 6.07) is 6.16. The normalized spacial score (nSPS) is 24.3. The van der Waals surface area contributed by atoms with Gasteiger partial charge in [-0.05, 0) is 49.4 Å². The molecule has 0 saturated carbocycles. The van der Waals surface area contributed by atoms with Gasteiger partial charge in [0.2, 0.25) is 0 Å². The molecule has 2 rings (SSSR count). The fraction of sp³-hybridized carbons (Fsp3) is 0.647. The molecule has 0 aliphatic carbocycles. The summed E-state index contributed by atoms with van der Waals surface area (Å²) in [6.45, 7) is 11.8. The zero-order valence-electron chi connectivity index (χ0n) is 13.1. The Balaban J connectivity index is 2.04. The Hall–Kier alpha value is -0.930. The van der Waals surface area contributed by atoms with Gasteiger partial charge >= 0.3 is 0 Å². The Bertz CT molecular complexity index is 445. The largest absolute Gasteiger partial charge is 0.311 e. The van der Waals surface area contributed by atoms with Crippen LogP contribution in [0.25, 0.3) is 0 Å². The SMILES string of the molecule is Cc1ccc(F)cc1CN1CC(CC(C)C)NCC1C. The third kappa shape index (κ3) is 4.03. The first kappa shape index (κ1) is 15.5. The summed E-state index contributed by atoms with van der Waals surface area (Å²) in [6.07, 6.45) is 1.20. The molecule has 1 N–H and O–H groups in total. The molecule has 3 heteroatoms. The lowest BCUT2D eigenvalue weighted by atomic mass is 9.99. The lowest BCUT2D eigenvalue weighted by molar-refractivity contribution is 0.124. The van der Waals surface area contributed by atoms with Crippen LogP contribution in [0.1, 0.15) is 38.3 Å². The third-order valence-electron chi connectivity index (χ3n) is 4.22. The van der Waals surface area contributed by atoms with Crippen molar-refractivity contribution in [1.29, 1.82) is 0 Å². The van der Waals surface area contributed by atoms with Gasteiger partial charge in [0.05, 0.1) is 0 Å². The maximum Gasteiger partial charge on any atom is 0.123 e. The van der Waals surface area contributed by atoms with Gasteiger partial charge in [0.1, 0.15) is 5.82 Å². The quantitative estimate of drug-likeness (QED) is 0.908. The molecule has 2 unspecified atom stereocenters. The fourth-order valence-electron chi connectivity index (χ4n) is 2.97. The average molecular weight is 278 g/mol. The molecule has 2 atom stereocenters. The van der Waals surface area contributed by atoms with Crippen molar-refractivity contribution in [3.8, 4) is 0 Å². The fourth-order valence-corrected chi connectivity index (χ4v) is 2.97. The van der Waals surface area contributed by atoms with Crippen LogP contribution in [0.5, 0.6) is 0 Å². The molecule has 1 fully saturated rings. The van der Waals surface area contributed by atoms with E-state index in [1.165, 1.54) is 12.0 Å². The Morgan fingerprint density at radius 2 is 2.15 bits per heavy atom. The summed E-state index contributed by atoms with van der Waals surface area (Å²) in [5.74, 6) is 0.575. The number of hydrogen-bond donors (Lipinski definition) is 1. The van der Waals surface area contributed by atoms with Gasteiger partial charge in [-0.1, -0.05) is 19.9 Å². The highest BCUT2D eigenvalue weighted by Gasteiger charge is 2.25. The first-order valence-corrected chi connectivity index (χ1v) is 7.68. The number of nitrogens with zero attached hydrogens (tertiary/aromatic N) is 1. The van der Waals surface area contributed by atoms with Crippen molar-refractivity contribution in [1.82, 2.24) is 10.2 Å². The molecule has 0 aromatic heterocycles. The van der Waals surface area contributed by atoms with Gasteiger partial charge in [0, 0.05) is 31.7 Å². The molecule has 0 spiro atoms. The second-order valence-electron chi connectivity index (χ2n) is 6.58. The van der Waals surface area contributed by atoms with Gasteiger partial charge in [0.25, 0.3) is 0 Å². The van der Waals surface area contributed by atoms with Gasteiger partial charge in [-0.25, -0.2) is 4.39 Å². The summed E-state index contributed by atoms with van der Waals surface area (Å²) in [5.41, 5.74) is 2.29. The first-order chi connectivity index (χ1) is 9.45. The minimum Gasteiger partial charge on any atom is -0.311 e. The van der Waals surface area contributed by atoms with E-state index in [0.717, 1.165) is 25.2 Å². The Morgan fingerprint density at radius 1 is 1.40 bits per heavy atom. The van der Waals surface area contributed by atoms with E-state index in [-0.39, 0.29) is 5.82 Å². The molecule has 1 heterocycles. The van der Waals surface area contributed by atoms with E-state index >= 15 is 0 Å². The zero-order chi connectivity index (χ0) is 14.7. The van der Waals surface area contributed by atoms with Crippen LogP contribution < -0.4 is 5.32 Å². The summed E-state index contributed by atoms with van der Waals surface area (Å²) in [5, 5.41) is 3.63. The van der Waals surface area contributed by atoms with Crippen LogP contribution in [-0.2, 0) is 6.54 Å². The van der Waals surface area contributed by atoms with E-state index in [1.807, 2.05) is 6.07 Å². The lowest BCUT2D eigenvalue weighted by Gasteiger charge is -2.39. The van der Waals surface area contributed by atoms with Crippen LogP contribution in [-0.4, -0.2) is 30.1 Å². The highest BCUT2D eigenvalue weighted by molar-refractivity contribution is 5.26. The molecule has 1 aromatic carbocycles. The lowest BCUT2D eigenvalue weighted by Crippen LogP contribution is -2.55. The molecule has 0 amide bonds. The molecular weight excluding hydrogens is 251 g/mol. The number of aryl methyl sites for hydroxylation is 1. The highest BCUT2D eigenvalue weighted by Crippen LogP contribution is 2.18. The Morgan fingerprint density at radius 3 is 2.85 bits per heavy atom. The number of rotatable bonds is 4. The number of hydrogen-bond acceptors (Lipinski definition) is 2. The number of halogens is 1. The van der Waals surface area contributed by atoms with E-state index in [0.29, 0.717) is 18.0 Å². The maximum absolute atomic E-state index is 13.4. The zero-order valence-corrected chi connectivity index (χ0v) is 13.1. The molecule has 2 nitrogen and oxygen atoms in total. The summed E-state index contributed by atoms with van der Waals surface area (Å²) in [4.78, 5) is 2.48. The molecule has 1 aliphatic heterocycles. The highest BCUT2D eigenvalue weighted by atomic mass is 19.1. The molecule has 1 aliphatic rings. The second kappa shape index (κ2) is 6.68. The Labute approximate surface area is 122 Å². The number of piperazine rings is 1. The van der Waals surface area contributed by atoms with Crippen molar-refractivity contribution in [2.75, 3.05) is 13.1 Å². The van der Waals surface area contributed by atoms with Crippen molar-refractivity contribution in [2.24, 2.45) is 5.92 Å². The van der Waals surface area contributed by atoms with Crippen LogP contribution in [0.4, 0.5) is 4.39 Å². The van der Waals surface area contributed by atoms with E-state index in [2.05, 4.69) is 37.9 Å². The first-order valence-electron chi connectivity index (χ1n) is 7.68. The predicted molar refractivity (Wildman–Crippen MR) is 82.3 cm³/mol. The minimum atomic E-state index is -0.132. The monoisotopic (exact) mass is 278 g/mol. The molecule has 1 aromatic rings. The Kier molecular flexibility index (Phi) is 5.17. The van der Waals surface area contributed by atoms with Gasteiger partial charge in [-0.15, -0.1) is 0 Å². The van der Waals surface area contributed by atoms with E-state index in [4.69, 9.17) is 0 Å². The van der Waals surface area contributed by atoms with Crippen LogP contribution in [0.2, 0.25) is 0 Å². The van der Waals surface area contributed by atoms with Crippen LogP contribution in [0, 0.1) is 18.7 Å². The molecule has 112 valence electrons. The van der Waals surface area contributed by atoms with Crippen molar-refractivity contribution in [3.05, 3.63) is 35.1 Å². The molecule has 0 radical (unpaired) electrons. The van der Waals surface area contributed by atoms with E-state index < -0.39 is 0 Å². The molecule has 20 heavy (non-hydrogen) atoms. The molecule has 0 bridgehead atoms. The standard InChI is InChI=1S/C17H27FN2/c1-12(2)7-17-11-20(14(4)9-19-17)10-15-8-16(18)6-5-13(15)3/h5-6,8,12,14,17,19H,7,9-11H2,1-4H3. The smallest absolute Gasteiger partial charge is 0.123 e. The van der Waals surface area contributed by atoms with Gasteiger partial charge in [-0.3, -0.25) is 4.90 Å². The van der Waals surface area contributed by atoms with Crippen molar-refractivity contribution in [2.45, 2.75) is 52.7 Å². The van der Waals surface area contributed by atoms with Crippen molar-refractivity contribution >= 4 is 0 Å². The molecule has 1 saturated heterocycles. The number of nitrogens with one attached hydrogen (secondary N) is 1. The van der Waals surface area contributed by atoms with Crippen LogP contribution in [0.15, 0.2) is 18.2 Å². The van der Waals surface area contributed by atoms with Gasteiger partial charge in [0.15, 0.2) is 0 Å². The molecular formula is C17H27FN2. The van der Waals surface area contributed by atoms with Crippen molar-refractivity contribution in [3.63, 3.8) is 0 Å². The van der Waals surface area contributed by atoms with Gasteiger partial charge in [-0.2, -0.15) is 0 Å². The van der Waals surface area contributed by atoms with E-state index in [1.54, 1.807) is 12.1 Å².